The van der Waals surface area contributed by atoms with Gasteiger partial charge in [-0.15, -0.1) is 24.0 Å². The van der Waals surface area contributed by atoms with Gasteiger partial charge in [0.2, 0.25) is 0 Å². The minimum absolute atomic E-state index is 0. The lowest BCUT2D eigenvalue weighted by molar-refractivity contribution is 0.245. The van der Waals surface area contributed by atoms with E-state index in [1.165, 1.54) is 18.4 Å². The molecule has 0 amide bonds. The van der Waals surface area contributed by atoms with Crippen LogP contribution < -0.4 is 10.6 Å². The molecule has 1 atom stereocenters. The van der Waals surface area contributed by atoms with Crippen LogP contribution in [0.15, 0.2) is 53.7 Å². The maximum absolute atomic E-state index is 5.84. The van der Waals surface area contributed by atoms with Crippen LogP contribution in [0.25, 0.3) is 0 Å². The number of hydrogen-bond donors (Lipinski definition) is 2. The van der Waals surface area contributed by atoms with Crippen molar-refractivity contribution in [2.45, 2.75) is 38.9 Å². The van der Waals surface area contributed by atoms with Gasteiger partial charge in [-0.1, -0.05) is 48.0 Å². The summed E-state index contributed by atoms with van der Waals surface area (Å²) in [5.41, 5.74) is 2.42. The first-order chi connectivity index (χ1) is 13.2. The van der Waals surface area contributed by atoms with Crippen LogP contribution >= 0.6 is 35.6 Å². The van der Waals surface area contributed by atoms with Crippen LogP contribution in [-0.2, 0) is 13.1 Å². The monoisotopic (exact) mass is 513 g/mol. The van der Waals surface area contributed by atoms with E-state index in [2.05, 4.69) is 62.8 Å². The smallest absolute Gasteiger partial charge is 0.191 e. The quantitative estimate of drug-likeness (QED) is 0.254. The minimum atomic E-state index is 0. The lowest BCUT2D eigenvalue weighted by atomic mass is 10.2. The molecule has 2 N–H and O–H groups in total. The third-order valence-corrected chi connectivity index (χ3v) is 5.01. The number of rotatable bonds is 7. The Hall–Kier alpha value is -1.38. The highest BCUT2D eigenvalue weighted by molar-refractivity contribution is 14.0. The minimum Gasteiger partial charge on any atom is -0.357 e. The zero-order chi connectivity index (χ0) is 18.9. The van der Waals surface area contributed by atoms with Crippen LogP contribution in [0.1, 0.15) is 30.9 Å². The Morgan fingerprint density at radius 3 is 2.71 bits per heavy atom. The molecule has 1 unspecified atom stereocenters. The molecule has 0 bridgehead atoms. The van der Waals surface area contributed by atoms with E-state index in [-0.39, 0.29) is 24.0 Å². The average Bonchev–Trinajstić information content (AvgIpc) is 3.13. The van der Waals surface area contributed by atoms with Crippen LogP contribution in [-0.4, -0.2) is 41.5 Å². The molecule has 5 nitrogen and oxygen atoms in total. The van der Waals surface area contributed by atoms with Gasteiger partial charge in [0.15, 0.2) is 5.96 Å². The number of likely N-dealkylation sites (tertiary alicyclic amines) is 1. The zero-order valence-corrected chi connectivity index (χ0v) is 19.4. The Morgan fingerprint density at radius 2 is 2.00 bits per heavy atom. The lowest BCUT2D eigenvalue weighted by Gasteiger charge is -2.25. The molecule has 0 spiro atoms. The molecule has 2 aromatic rings. The first kappa shape index (κ1) is 22.9. The van der Waals surface area contributed by atoms with Gasteiger partial charge < -0.3 is 10.6 Å². The molecule has 1 fully saturated rings. The van der Waals surface area contributed by atoms with E-state index < -0.39 is 0 Å². The fraction of sp³-hybridized carbons (Fsp3) is 0.429. The SMILES string of the molecule is CCNC(=NCc1ccc(Cl)nc1)NCC1CCCN1Cc1ccccc1.I. The van der Waals surface area contributed by atoms with Crippen LogP contribution in [0.3, 0.4) is 0 Å². The number of guanidine groups is 1. The summed E-state index contributed by atoms with van der Waals surface area (Å²) >= 11 is 5.84. The van der Waals surface area contributed by atoms with Crippen LogP contribution in [0.4, 0.5) is 0 Å². The maximum atomic E-state index is 5.84. The summed E-state index contributed by atoms with van der Waals surface area (Å²) < 4.78 is 0. The van der Waals surface area contributed by atoms with E-state index in [1.807, 2.05) is 6.07 Å². The number of benzene rings is 1. The predicted molar refractivity (Wildman–Crippen MR) is 127 cm³/mol. The molecule has 28 heavy (non-hydrogen) atoms. The van der Waals surface area contributed by atoms with Gasteiger partial charge in [0.05, 0.1) is 6.54 Å². The van der Waals surface area contributed by atoms with Gasteiger partial charge in [-0.25, -0.2) is 9.98 Å². The second-order valence-corrected chi connectivity index (χ2v) is 7.20. The Kier molecular flexibility index (Phi) is 10.0. The Labute approximate surface area is 190 Å². The van der Waals surface area contributed by atoms with Crippen molar-refractivity contribution in [3.63, 3.8) is 0 Å². The van der Waals surface area contributed by atoms with Gasteiger partial charge in [0, 0.05) is 31.9 Å². The molecular formula is C21H29ClIN5. The summed E-state index contributed by atoms with van der Waals surface area (Å²) in [6.07, 6.45) is 4.25. The summed E-state index contributed by atoms with van der Waals surface area (Å²) in [5, 5.41) is 7.34. The molecule has 1 saturated heterocycles. The number of hydrogen-bond acceptors (Lipinski definition) is 3. The number of aliphatic imine (C=N–C) groups is 1. The Bertz CT molecular complexity index is 723. The summed E-state index contributed by atoms with van der Waals surface area (Å²) in [5.74, 6) is 0.846. The molecule has 0 radical (unpaired) electrons. The topological polar surface area (TPSA) is 52.6 Å². The standard InChI is InChI=1S/C21H28ClN5.HI/c1-2-23-21(25-14-18-10-11-20(22)24-13-18)26-15-19-9-6-12-27(19)16-17-7-4-3-5-8-17;/h3-5,7-8,10-11,13,19H,2,6,9,12,14-16H2,1H3,(H2,23,25,26);1H. The van der Waals surface area contributed by atoms with Crippen molar-refractivity contribution >= 4 is 41.5 Å². The fourth-order valence-corrected chi connectivity index (χ4v) is 3.49. The molecular weight excluding hydrogens is 485 g/mol. The second-order valence-electron chi connectivity index (χ2n) is 6.82. The zero-order valence-electron chi connectivity index (χ0n) is 16.3. The van der Waals surface area contributed by atoms with E-state index >= 15 is 0 Å². The van der Waals surface area contributed by atoms with Crippen molar-refractivity contribution in [2.75, 3.05) is 19.6 Å². The van der Waals surface area contributed by atoms with Crippen molar-refractivity contribution in [1.29, 1.82) is 0 Å². The predicted octanol–water partition coefficient (Wildman–Crippen LogP) is 4.07. The van der Waals surface area contributed by atoms with Crippen molar-refractivity contribution in [1.82, 2.24) is 20.5 Å². The van der Waals surface area contributed by atoms with Crippen molar-refractivity contribution < 1.29 is 0 Å². The molecule has 1 aliphatic heterocycles. The summed E-state index contributed by atoms with van der Waals surface area (Å²) in [7, 11) is 0. The lowest BCUT2D eigenvalue weighted by Crippen LogP contribution is -2.44. The highest BCUT2D eigenvalue weighted by Gasteiger charge is 2.24. The second kappa shape index (κ2) is 12.2. The van der Waals surface area contributed by atoms with Gasteiger partial charge >= 0.3 is 0 Å². The van der Waals surface area contributed by atoms with E-state index in [0.717, 1.165) is 37.7 Å². The van der Waals surface area contributed by atoms with Gasteiger partial charge in [-0.3, -0.25) is 4.90 Å². The molecule has 1 aromatic carbocycles. The molecule has 152 valence electrons. The van der Waals surface area contributed by atoms with Gasteiger partial charge in [-0.2, -0.15) is 0 Å². The Balaban J connectivity index is 0.00000280. The number of nitrogens with zero attached hydrogens (tertiary/aromatic N) is 3. The number of pyridine rings is 1. The number of nitrogens with one attached hydrogen (secondary N) is 2. The molecule has 1 aliphatic rings. The maximum Gasteiger partial charge on any atom is 0.191 e. The Morgan fingerprint density at radius 1 is 1.18 bits per heavy atom. The van der Waals surface area contributed by atoms with Gasteiger partial charge in [0.1, 0.15) is 5.15 Å². The van der Waals surface area contributed by atoms with E-state index in [1.54, 1.807) is 12.3 Å². The van der Waals surface area contributed by atoms with Crippen molar-refractivity contribution in [3.8, 4) is 0 Å². The summed E-state index contributed by atoms with van der Waals surface area (Å²) in [4.78, 5) is 11.4. The third kappa shape index (κ3) is 7.22. The first-order valence-corrected chi connectivity index (χ1v) is 10.0. The average molecular weight is 514 g/mol. The summed E-state index contributed by atoms with van der Waals surface area (Å²) in [6, 6.07) is 15.0. The molecule has 0 aliphatic carbocycles. The first-order valence-electron chi connectivity index (χ1n) is 9.65. The van der Waals surface area contributed by atoms with Crippen molar-refractivity contribution in [2.24, 2.45) is 4.99 Å². The molecule has 0 saturated carbocycles. The molecule has 1 aromatic heterocycles. The number of halogens is 2. The van der Waals surface area contributed by atoms with Gasteiger partial charge in [-0.05, 0) is 43.5 Å². The highest BCUT2D eigenvalue weighted by Crippen LogP contribution is 2.19. The van der Waals surface area contributed by atoms with Crippen LogP contribution in [0.2, 0.25) is 5.15 Å². The van der Waals surface area contributed by atoms with Gasteiger partial charge in [0.25, 0.3) is 0 Å². The third-order valence-electron chi connectivity index (χ3n) is 4.79. The fourth-order valence-electron chi connectivity index (χ4n) is 3.38. The largest absolute Gasteiger partial charge is 0.357 e. The molecule has 2 heterocycles. The molecule has 7 heteroatoms. The normalized spacial score (nSPS) is 17.2. The van der Waals surface area contributed by atoms with E-state index in [9.17, 15) is 0 Å². The molecule has 3 rings (SSSR count). The summed E-state index contributed by atoms with van der Waals surface area (Å²) in [6.45, 7) is 6.57. The van der Waals surface area contributed by atoms with E-state index in [4.69, 9.17) is 11.6 Å². The number of aromatic nitrogens is 1. The van der Waals surface area contributed by atoms with Crippen molar-refractivity contribution in [3.05, 3.63) is 64.9 Å². The highest BCUT2D eigenvalue weighted by atomic mass is 127. The van der Waals surface area contributed by atoms with Crippen LogP contribution in [0, 0.1) is 0 Å². The van der Waals surface area contributed by atoms with Crippen LogP contribution in [0.5, 0.6) is 0 Å². The van der Waals surface area contributed by atoms with E-state index in [0.29, 0.717) is 17.7 Å².